The van der Waals surface area contributed by atoms with Gasteiger partial charge in [-0.2, -0.15) is 0 Å². The number of nitro groups is 1. The number of nitrogens with zero attached hydrogens (tertiary/aromatic N) is 2. The van der Waals surface area contributed by atoms with E-state index in [0.29, 0.717) is 6.20 Å². The highest BCUT2D eigenvalue weighted by Gasteiger charge is 2.29. The molecule has 0 amide bonds. The molecule has 0 bridgehead atoms. The predicted molar refractivity (Wildman–Crippen MR) is 48.9 cm³/mol. The maximum Gasteiger partial charge on any atom is 0.318 e. The first-order valence-electron chi connectivity index (χ1n) is 4.19. The largest absolute Gasteiger partial charge is 0.501 e. The van der Waals surface area contributed by atoms with Gasteiger partial charge in [0.1, 0.15) is 5.69 Å². The third kappa shape index (κ3) is 2.62. The molecule has 0 saturated carbocycles. The lowest BCUT2D eigenvalue weighted by atomic mass is 10.1. The number of hydrogen-bond donors (Lipinski definition) is 2. The van der Waals surface area contributed by atoms with E-state index in [1.54, 1.807) is 0 Å². The smallest absolute Gasteiger partial charge is 0.318 e. The quantitative estimate of drug-likeness (QED) is 0.612. The standard InChI is InChI=1S/C8H6F2N2O5/c9-8(10)6-3(1-5(14)15)7(12(16)17)4(13)2-11-6/h2,8,13H,1H2,(H,14,15). The highest BCUT2D eigenvalue weighted by molar-refractivity contribution is 5.73. The van der Waals surface area contributed by atoms with Crippen molar-refractivity contribution >= 4 is 11.7 Å². The number of carbonyl (C=O) groups is 1. The van der Waals surface area contributed by atoms with Gasteiger partial charge in [0.25, 0.3) is 6.43 Å². The number of halogens is 2. The molecule has 0 aliphatic rings. The number of aromatic hydroxyl groups is 1. The second-order valence-corrected chi connectivity index (χ2v) is 2.98. The van der Waals surface area contributed by atoms with Crippen LogP contribution >= 0.6 is 0 Å². The van der Waals surface area contributed by atoms with E-state index in [4.69, 9.17) is 10.2 Å². The maximum atomic E-state index is 12.5. The Balaban J connectivity index is 3.49. The molecule has 0 aromatic carbocycles. The Kier molecular flexibility index (Phi) is 3.51. The summed E-state index contributed by atoms with van der Waals surface area (Å²) in [5.74, 6) is -2.49. The number of carboxylic acid groups (broad SMARTS) is 1. The lowest BCUT2D eigenvalue weighted by Crippen LogP contribution is -2.09. The molecule has 0 fully saturated rings. The van der Waals surface area contributed by atoms with Crippen molar-refractivity contribution in [3.8, 4) is 5.75 Å². The van der Waals surface area contributed by atoms with E-state index < -0.39 is 46.4 Å². The number of rotatable bonds is 4. The van der Waals surface area contributed by atoms with Crippen LogP contribution in [-0.2, 0) is 11.2 Å². The van der Waals surface area contributed by atoms with E-state index in [1.165, 1.54) is 0 Å². The molecular formula is C8H6F2N2O5. The maximum absolute atomic E-state index is 12.5. The molecule has 0 aliphatic carbocycles. The first kappa shape index (κ1) is 12.7. The van der Waals surface area contributed by atoms with Crippen LogP contribution in [0.2, 0.25) is 0 Å². The Morgan fingerprint density at radius 3 is 2.59 bits per heavy atom. The monoisotopic (exact) mass is 248 g/mol. The number of aromatic nitrogens is 1. The highest BCUT2D eigenvalue weighted by Crippen LogP contribution is 2.34. The lowest BCUT2D eigenvalue weighted by molar-refractivity contribution is -0.386. The van der Waals surface area contributed by atoms with Gasteiger partial charge in [0.15, 0.2) is 0 Å². The number of alkyl halides is 2. The number of aliphatic carboxylic acids is 1. The molecule has 1 rings (SSSR count). The summed E-state index contributed by atoms with van der Waals surface area (Å²) in [6.45, 7) is 0. The molecule has 0 aliphatic heterocycles. The van der Waals surface area contributed by atoms with Gasteiger partial charge in [0.05, 0.1) is 23.1 Å². The van der Waals surface area contributed by atoms with Crippen molar-refractivity contribution in [2.24, 2.45) is 0 Å². The summed E-state index contributed by atoms with van der Waals surface area (Å²) >= 11 is 0. The molecular weight excluding hydrogens is 242 g/mol. The van der Waals surface area contributed by atoms with Crippen molar-refractivity contribution in [1.29, 1.82) is 0 Å². The van der Waals surface area contributed by atoms with E-state index in [2.05, 4.69) is 4.98 Å². The second-order valence-electron chi connectivity index (χ2n) is 2.98. The van der Waals surface area contributed by atoms with Gasteiger partial charge in [0, 0.05) is 0 Å². The Hall–Kier alpha value is -2.32. The molecule has 7 nitrogen and oxygen atoms in total. The van der Waals surface area contributed by atoms with Gasteiger partial charge >= 0.3 is 11.7 Å². The first-order chi connectivity index (χ1) is 7.84. The van der Waals surface area contributed by atoms with Crippen molar-refractivity contribution in [3.63, 3.8) is 0 Å². The fourth-order valence-corrected chi connectivity index (χ4v) is 1.26. The molecule has 1 aromatic heterocycles. The topological polar surface area (TPSA) is 114 Å². The molecule has 0 spiro atoms. The summed E-state index contributed by atoms with van der Waals surface area (Å²) in [6.07, 6.45) is -3.69. The van der Waals surface area contributed by atoms with Gasteiger partial charge in [-0.05, 0) is 0 Å². The minimum absolute atomic E-state index is 0.491. The average molecular weight is 248 g/mol. The molecule has 92 valence electrons. The van der Waals surface area contributed by atoms with Crippen LogP contribution in [0.15, 0.2) is 6.20 Å². The summed E-state index contributed by atoms with van der Waals surface area (Å²) in [5, 5.41) is 28.2. The van der Waals surface area contributed by atoms with Crippen LogP contribution in [0.3, 0.4) is 0 Å². The zero-order chi connectivity index (χ0) is 13.2. The zero-order valence-corrected chi connectivity index (χ0v) is 8.13. The molecule has 9 heteroatoms. The van der Waals surface area contributed by atoms with Crippen LogP contribution in [0.5, 0.6) is 5.75 Å². The third-order valence-electron chi connectivity index (χ3n) is 1.88. The molecule has 0 saturated heterocycles. The van der Waals surface area contributed by atoms with Gasteiger partial charge in [-0.3, -0.25) is 19.9 Å². The molecule has 0 radical (unpaired) electrons. The van der Waals surface area contributed by atoms with Crippen molar-refractivity contribution in [2.45, 2.75) is 12.8 Å². The summed E-state index contributed by atoms with van der Waals surface area (Å²) in [5.41, 5.74) is -2.87. The fourth-order valence-electron chi connectivity index (χ4n) is 1.26. The summed E-state index contributed by atoms with van der Waals surface area (Å²) in [4.78, 5) is 23.0. The van der Waals surface area contributed by atoms with Crippen LogP contribution in [0.1, 0.15) is 17.7 Å². The van der Waals surface area contributed by atoms with Crippen molar-refractivity contribution < 1.29 is 28.7 Å². The summed E-state index contributed by atoms with van der Waals surface area (Å²) in [7, 11) is 0. The van der Waals surface area contributed by atoms with Crippen molar-refractivity contribution in [1.82, 2.24) is 4.98 Å². The van der Waals surface area contributed by atoms with E-state index in [1.807, 2.05) is 0 Å². The zero-order valence-electron chi connectivity index (χ0n) is 8.13. The first-order valence-corrected chi connectivity index (χ1v) is 4.19. The van der Waals surface area contributed by atoms with Crippen LogP contribution < -0.4 is 0 Å². The Morgan fingerprint density at radius 1 is 1.59 bits per heavy atom. The van der Waals surface area contributed by atoms with Crippen molar-refractivity contribution in [2.75, 3.05) is 0 Å². The van der Waals surface area contributed by atoms with Gasteiger partial charge in [-0.15, -0.1) is 0 Å². The summed E-state index contributed by atoms with van der Waals surface area (Å²) < 4.78 is 25.0. The number of hydrogen-bond acceptors (Lipinski definition) is 5. The normalized spacial score (nSPS) is 10.5. The van der Waals surface area contributed by atoms with Crippen LogP contribution in [-0.4, -0.2) is 26.1 Å². The molecule has 0 unspecified atom stereocenters. The van der Waals surface area contributed by atoms with E-state index in [0.717, 1.165) is 0 Å². The van der Waals surface area contributed by atoms with Crippen LogP contribution in [0.4, 0.5) is 14.5 Å². The van der Waals surface area contributed by atoms with Crippen molar-refractivity contribution in [3.05, 3.63) is 27.6 Å². The fraction of sp³-hybridized carbons (Fsp3) is 0.250. The Bertz CT molecular complexity index is 477. The summed E-state index contributed by atoms with van der Waals surface area (Å²) in [6, 6.07) is 0. The molecule has 2 N–H and O–H groups in total. The second kappa shape index (κ2) is 4.68. The minimum Gasteiger partial charge on any atom is -0.501 e. The minimum atomic E-state index is -3.16. The highest BCUT2D eigenvalue weighted by atomic mass is 19.3. The van der Waals surface area contributed by atoms with Gasteiger partial charge in [-0.1, -0.05) is 0 Å². The molecule has 1 aromatic rings. The van der Waals surface area contributed by atoms with Crippen LogP contribution in [0, 0.1) is 10.1 Å². The Labute approximate surface area is 92.5 Å². The van der Waals surface area contributed by atoms with Gasteiger partial charge in [0.2, 0.25) is 5.75 Å². The van der Waals surface area contributed by atoms with Gasteiger partial charge in [-0.25, -0.2) is 8.78 Å². The van der Waals surface area contributed by atoms with E-state index in [9.17, 15) is 23.7 Å². The Morgan fingerprint density at radius 2 is 2.18 bits per heavy atom. The van der Waals surface area contributed by atoms with E-state index in [-0.39, 0.29) is 0 Å². The average Bonchev–Trinajstić information content (AvgIpc) is 2.15. The molecule has 1 heterocycles. The van der Waals surface area contributed by atoms with Gasteiger partial charge < -0.3 is 10.2 Å². The molecule has 0 atom stereocenters. The number of pyridine rings is 1. The van der Waals surface area contributed by atoms with Crippen LogP contribution in [0.25, 0.3) is 0 Å². The molecule has 17 heavy (non-hydrogen) atoms. The SMILES string of the molecule is O=C(O)Cc1c(C(F)F)ncc(O)c1[N+](=O)[O-]. The lowest BCUT2D eigenvalue weighted by Gasteiger charge is -2.07. The predicted octanol–water partition coefficient (Wildman–Crippen LogP) is 1.26. The number of carboxylic acids is 1. The third-order valence-corrected chi connectivity index (χ3v) is 1.88. The van der Waals surface area contributed by atoms with E-state index >= 15 is 0 Å².